The van der Waals surface area contributed by atoms with Crippen LogP contribution < -0.4 is 19.1 Å². The van der Waals surface area contributed by atoms with Crippen LogP contribution in [0.5, 0.6) is 11.5 Å². The topological polar surface area (TPSA) is 105 Å². The number of benzene rings is 3. The molecule has 9 nitrogen and oxygen atoms in total. The Balaban J connectivity index is 2.12. The molecule has 0 aromatic heterocycles. The Morgan fingerprint density at radius 3 is 2.26 bits per heavy atom. The number of carbonyl (C=O) groups is 2. The first kappa shape index (κ1) is 33.5. The van der Waals surface area contributed by atoms with Crippen LogP contribution in [0.4, 0.5) is 5.69 Å². The van der Waals surface area contributed by atoms with E-state index in [4.69, 9.17) is 9.47 Å². The van der Waals surface area contributed by atoms with Crippen LogP contribution in [0, 0.1) is 6.92 Å². The average Bonchev–Trinajstić information content (AvgIpc) is 3.00. The predicted molar refractivity (Wildman–Crippen MR) is 169 cm³/mol. The minimum absolute atomic E-state index is 0.0399. The summed E-state index contributed by atoms with van der Waals surface area (Å²) in [6.07, 6.45) is 1.06. The quantitative estimate of drug-likeness (QED) is 0.250. The monoisotopic (exact) mass is 609 g/mol. The molecule has 0 spiro atoms. The average molecular weight is 610 g/mol. The smallest absolute Gasteiger partial charge is 0.264 e. The van der Waals surface area contributed by atoms with Crippen LogP contribution in [0.3, 0.4) is 0 Å². The van der Waals surface area contributed by atoms with E-state index in [0.29, 0.717) is 24.5 Å². The molecule has 0 radical (unpaired) electrons. The third-order valence-corrected chi connectivity index (χ3v) is 8.97. The molecule has 3 rings (SSSR count). The highest BCUT2D eigenvalue weighted by atomic mass is 32.2. The van der Waals surface area contributed by atoms with Crippen molar-refractivity contribution in [2.45, 2.75) is 71.0 Å². The predicted octanol–water partition coefficient (Wildman–Crippen LogP) is 5.32. The number of sulfonamides is 1. The molecular weight excluding hydrogens is 566 g/mol. The van der Waals surface area contributed by atoms with Gasteiger partial charge in [0.05, 0.1) is 24.3 Å². The van der Waals surface area contributed by atoms with Crippen molar-refractivity contribution in [3.63, 3.8) is 0 Å². The van der Waals surface area contributed by atoms with Crippen LogP contribution in [0.1, 0.15) is 51.7 Å². The Labute approximate surface area is 255 Å². The highest BCUT2D eigenvalue weighted by Gasteiger charge is 2.35. The Kier molecular flexibility index (Phi) is 12.0. The molecule has 43 heavy (non-hydrogen) atoms. The van der Waals surface area contributed by atoms with Crippen LogP contribution in [-0.4, -0.2) is 57.5 Å². The second kappa shape index (κ2) is 15.4. The fourth-order valence-corrected chi connectivity index (χ4v) is 6.04. The highest BCUT2D eigenvalue weighted by molar-refractivity contribution is 7.92. The zero-order chi connectivity index (χ0) is 31.6. The van der Waals surface area contributed by atoms with Gasteiger partial charge in [0.2, 0.25) is 11.8 Å². The van der Waals surface area contributed by atoms with Crippen molar-refractivity contribution >= 4 is 27.5 Å². The fourth-order valence-electron chi connectivity index (χ4n) is 4.62. The second-order valence-corrected chi connectivity index (χ2v) is 12.2. The molecule has 232 valence electrons. The summed E-state index contributed by atoms with van der Waals surface area (Å²) in [6, 6.07) is 19.5. The normalized spacial score (nSPS) is 12.6. The summed E-state index contributed by atoms with van der Waals surface area (Å²) in [5.41, 5.74) is 1.88. The van der Waals surface area contributed by atoms with Crippen LogP contribution in [0.15, 0.2) is 77.7 Å². The lowest BCUT2D eigenvalue weighted by Gasteiger charge is -2.34. The van der Waals surface area contributed by atoms with E-state index in [1.165, 1.54) is 17.0 Å². The van der Waals surface area contributed by atoms with E-state index in [2.05, 4.69) is 5.32 Å². The minimum Gasteiger partial charge on any atom is -0.497 e. The number of rotatable bonds is 15. The van der Waals surface area contributed by atoms with Gasteiger partial charge in [-0.1, -0.05) is 55.8 Å². The molecule has 10 heteroatoms. The highest BCUT2D eigenvalue weighted by Crippen LogP contribution is 2.33. The van der Waals surface area contributed by atoms with Crippen molar-refractivity contribution in [2.24, 2.45) is 0 Å². The molecule has 1 N–H and O–H groups in total. The van der Waals surface area contributed by atoms with Crippen LogP contribution in [-0.2, 0) is 26.2 Å². The molecule has 0 aliphatic rings. The first-order valence-electron chi connectivity index (χ1n) is 14.6. The number of nitrogens with one attached hydrogen (secondary N) is 1. The largest absolute Gasteiger partial charge is 0.497 e. The Morgan fingerprint density at radius 1 is 0.930 bits per heavy atom. The third kappa shape index (κ3) is 8.50. The molecule has 0 aliphatic heterocycles. The number of aryl methyl sites for hydroxylation is 1. The Bertz CT molecular complexity index is 1480. The number of methoxy groups -OCH3 is 1. The van der Waals surface area contributed by atoms with E-state index in [0.717, 1.165) is 21.9 Å². The first-order chi connectivity index (χ1) is 20.5. The summed E-state index contributed by atoms with van der Waals surface area (Å²) in [5.74, 6) is 0.109. The maximum absolute atomic E-state index is 14.3. The van der Waals surface area contributed by atoms with E-state index >= 15 is 0 Å². The van der Waals surface area contributed by atoms with Gasteiger partial charge in [-0.05, 0) is 75.6 Å². The number of amides is 2. The molecule has 0 heterocycles. The summed E-state index contributed by atoms with van der Waals surface area (Å²) < 4.78 is 40.6. The number of hydrogen-bond donors (Lipinski definition) is 1. The SMILES string of the molecule is CCOc1ccccc1N(CC(=O)N(Cc1cccc(OC)c1)C(CC)C(=O)NC(C)CC)S(=O)(=O)c1ccc(C)cc1. The first-order valence-corrected chi connectivity index (χ1v) is 16.0. The van der Waals surface area contributed by atoms with Gasteiger partial charge in [0.15, 0.2) is 0 Å². The molecule has 0 bridgehead atoms. The summed E-state index contributed by atoms with van der Waals surface area (Å²) in [6.45, 7) is 9.21. The minimum atomic E-state index is -4.21. The van der Waals surface area contributed by atoms with Crippen LogP contribution in [0.2, 0.25) is 0 Å². The van der Waals surface area contributed by atoms with Gasteiger partial charge in [0.25, 0.3) is 10.0 Å². The van der Waals surface area contributed by atoms with Gasteiger partial charge in [-0.3, -0.25) is 13.9 Å². The number of para-hydroxylation sites is 2. The maximum atomic E-state index is 14.3. The number of anilines is 1. The second-order valence-electron chi connectivity index (χ2n) is 10.3. The van der Waals surface area contributed by atoms with Gasteiger partial charge in [0.1, 0.15) is 24.1 Å². The number of nitrogens with zero attached hydrogens (tertiary/aromatic N) is 2. The molecule has 2 atom stereocenters. The standard InChI is InChI=1S/C33H43N3O6S/c1-7-25(5)34-33(38)29(8-2)35(22-26-13-12-14-27(21-26)41-6)32(37)23-36(30-15-10-11-16-31(30)42-9-3)43(39,40)28-19-17-24(4)18-20-28/h10-21,25,29H,7-9,22-23H2,1-6H3,(H,34,38). The van der Waals surface area contributed by atoms with Gasteiger partial charge in [0, 0.05) is 12.6 Å². The lowest BCUT2D eigenvalue weighted by Crippen LogP contribution is -2.53. The summed E-state index contributed by atoms with van der Waals surface area (Å²) >= 11 is 0. The lowest BCUT2D eigenvalue weighted by molar-refractivity contribution is -0.140. The molecule has 2 unspecified atom stereocenters. The maximum Gasteiger partial charge on any atom is 0.264 e. The van der Waals surface area contributed by atoms with Gasteiger partial charge < -0.3 is 19.7 Å². The molecule has 3 aromatic carbocycles. The van der Waals surface area contributed by atoms with Crippen LogP contribution >= 0.6 is 0 Å². The van der Waals surface area contributed by atoms with E-state index in [1.807, 2.05) is 39.8 Å². The van der Waals surface area contributed by atoms with Crippen molar-refractivity contribution in [3.8, 4) is 11.5 Å². The summed E-state index contributed by atoms with van der Waals surface area (Å²) in [5, 5.41) is 2.99. The molecule has 0 fully saturated rings. The summed E-state index contributed by atoms with van der Waals surface area (Å²) in [4.78, 5) is 29.3. The number of carbonyl (C=O) groups excluding carboxylic acids is 2. The van der Waals surface area contributed by atoms with Gasteiger partial charge in [-0.25, -0.2) is 8.42 Å². The molecule has 0 saturated carbocycles. The zero-order valence-electron chi connectivity index (χ0n) is 25.9. The third-order valence-electron chi connectivity index (χ3n) is 7.20. The Hall–Kier alpha value is -4.05. The van der Waals surface area contributed by atoms with E-state index < -0.39 is 28.5 Å². The molecule has 3 aromatic rings. The van der Waals surface area contributed by atoms with Crippen molar-refractivity contribution in [1.82, 2.24) is 10.2 Å². The van der Waals surface area contributed by atoms with Gasteiger partial charge in [-0.2, -0.15) is 0 Å². The molecule has 2 amide bonds. The van der Waals surface area contributed by atoms with E-state index in [-0.39, 0.29) is 29.1 Å². The number of ether oxygens (including phenoxy) is 2. The zero-order valence-corrected chi connectivity index (χ0v) is 26.7. The van der Waals surface area contributed by atoms with E-state index in [1.54, 1.807) is 62.6 Å². The Morgan fingerprint density at radius 2 is 1.63 bits per heavy atom. The fraction of sp³-hybridized carbons (Fsp3) is 0.394. The van der Waals surface area contributed by atoms with Gasteiger partial charge in [-0.15, -0.1) is 0 Å². The molecule has 0 aliphatic carbocycles. The number of hydrogen-bond acceptors (Lipinski definition) is 6. The lowest BCUT2D eigenvalue weighted by atomic mass is 10.1. The summed E-state index contributed by atoms with van der Waals surface area (Å²) in [7, 11) is -2.66. The van der Waals surface area contributed by atoms with Crippen LogP contribution in [0.25, 0.3) is 0 Å². The van der Waals surface area contributed by atoms with Gasteiger partial charge >= 0.3 is 0 Å². The van der Waals surface area contributed by atoms with Crippen molar-refractivity contribution < 1.29 is 27.5 Å². The molecular formula is C33H43N3O6S. The van der Waals surface area contributed by atoms with Crippen molar-refractivity contribution in [1.29, 1.82) is 0 Å². The van der Waals surface area contributed by atoms with E-state index in [9.17, 15) is 18.0 Å². The van der Waals surface area contributed by atoms with Crippen molar-refractivity contribution in [3.05, 3.63) is 83.9 Å². The molecule has 0 saturated heterocycles. The van der Waals surface area contributed by atoms with Crippen molar-refractivity contribution in [2.75, 3.05) is 24.6 Å².